The molecule has 3 aromatic rings. The maximum Gasteiger partial charge on any atom is 0.272 e. The smallest absolute Gasteiger partial charge is 0.272 e. The maximum absolute atomic E-state index is 12.4. The highest BCUT2D eigenvalue weighted by atomic mass is 35.5. The van der Waals surface area contributed by atoms with Gasteiger partial charge < -0.3 is 9.88 Å². The molecule has 0 unspecified atom stereocenters. The van der Waals surface area contributed by atoms with Gasteiger partial charge in [0.1, 0.15) is 5.69 Å². The number of aromatic nitrogens is 1. The van der Waals surface area contributed by atoms with E-state index in [-0.39, 0.29) is 5.91 Å². The van der Waals surface area contributed by atoms with Gasteiger partial charge in [0.15, 0.2) is 0 Å². The van der Waals surface area contributed by atoms with Crippen LogP contribution in [0.5, 0.6) is 0 Å². The highest BCUT2D eigenvalue weighted by Gasteiger charge is 2.15. The number of hydrogen-bond acceptors (Lipinski definition) is 1. The summed E-state index contributed by atoms with van der Waals surface area (Å²) in [5, 5.41) is 4.90. The fraction of sp³-hybridized carbons (Fsp3) is 0.0625. The van der Waals surface area contributed by atoms with Crippen LogP contribution in [0.2, 0.25) is 10.0 Å². The van der Waals surface area contributed by atoms with Crippen molar-refractivity contribution in [2.24, 2.45) is 7.05 Å². The van der Waals surface area contributed by atoms with Crippen molar-refractivity contribution in [3.8, 4) is 0 Å². The van der Waals surface area contributed by atoms with Gasteiger partial charge in [-0.1, -0.05) is 35.3 Å². The van der Waals surface area contributed by atoms with Crippen molar-refractivity contribution in [3.05, 3.63) is 64.3 Å². The average Bonchev–Trinajstić information content (AvgIpc) is 2.78. The number of carbonyl (C=O) groups is 1. The molecule has 21 heavy (non-hydrogen) atoms. The van der Waals surface area contributed by atoms with Gasteiger partial charge in [-0.3, -0.25) is 4.79 Å². The van der Waals surface area contributed by atoms with Crippen LogP contribution < -0.4 is 5.32 Å². The molecule has 0 radical (unpaired) electrons. The maximum atomic E-state index is 12.4. The van der Waals surface area contributed by atoms with Gasteiger partial charge in [-0.15, -0.1) is 0 Å². The summed E-state index contributed by atoms with van der Waals surface area (Å²) in [5.74, 6) is -0.202. The number of anilines is 1. The molecule has 0 spiro atoms. The zero-order valence-corrected chi connectivity index (χ0v) is 12.7. The second-order valence-corrected chi connectivity index (χ2v) is 5.57. The second kappa shape index (κ2) is 5.43. The molecule has 3 nitrogen and oxygen atoms in total. The molecule has 0 atom stereocenters. The number of benzene rings is 2. The third kappa shape index (κ3) is 2.62. The van der Waals surface area contributed by atoms with Crippen LogP contribution >= 0.6 is 23.2 Å². The van der Waals surface area contributed by atoms with Gasteiger partial charge in [0.2, 0.25) is 0 Å². The predicted octanol–water partition coefficient (Wildman–Crippen LogP) is 4.74. The highest BCUT2D eigenvalue weighted by Crippen LogP contribution is 2.26. The van der Waals surface area contributed by atoms with E-state index in [9.17, 15) is 4.79 Å². The van der Waals surface area contributed by atoms with E-state index >= 15 is 0 Å². The summed E-state index contributed by atoms with van der Waals surface area (Å²) in [6.45, 7) is 0. The predicted molar refractivity (Wildman–Crippen MR) is 87.3 cm³/mol. The summed E-state index contributed by atoms with van der Waals surface area (Å²) in [6, 6.07) is 14.4. The lowest BCUT2D eigenvalue weighted by Crippen LogP contribution is -2.15. The molecular formula is C16H12Cl2N2O. The van der Waals surface area contributed by atoms with E-state index in [0.717, 1.165) is 10.9 Å². The van der Waals surface area contributed by atoms with Crippen LogP contribution in [0.15, 0.2) is 48.5 Å². The van der Waals surface area contributed by atoms with Crippen molar-refractivity contribution in [2.75, 3.05) is 5.32 Å². The molecule has 0 fully saturated rings. The lowest BCUT2D eigenvalue weighted by atomic mass is 10.2. The monoisotopic (exact) mass is 318 g/mol. The van der Waals surface area contributed by atoms with Gasteiger partial charge in [-0.05, 0) is 36.4 Å². The quantitative estimate of drug-likeness (QED) is 0.727. The average molecular weight is 319 g/mol. The van der Waals surface area contributed by atoms with Gasteiger partial charge in [0.05, 0.1) is 0 Å². The van der Waals surface area contributed by atoms with E-state index in [0.29, 0.717) is 21.4 Å². The Labute approximate surface area is 132 Å². The number of nitrogens with one attached hydrogen (secondary N) is 1. The topological polar surface area (TPSA) is 34.0 Å². The van der Waals surface area contributed by atoms with Crippen LogP contribution in [-0.2, 0) is 7.05 Å². The number of halogens is 2. The van der Waals surface area contributed by atoms with Crippen LogP contribution in [0, 0.1) is 0 Å². The van der Waals surface area contributed by atoms with Crippen molar-refractivity contribution < 1.29 is 4.79 Å². The van der Waals surface area contributed by atoms with E-state index in [1.165, 1.54) is 0 Å². The molecule has 0 saturated heterocycles. The fourth-order valence-corrected chi connectivity index (χ4v) is 2.72. The van der Waals surface area contributed by atoms with Crippen LogP contribution in [0.25, 0.3) is 10.9 Å². The Morgan fingerprint density at radius 3 is 2.57 bits per heavy atom. The fourth-order valence-electron chi connectivity index (χ4n) is 2.30. The number of amides is 1. The Morgan fingerprint density at radius 2 is 1.86 bits per heavy atom. The molecule has 0 aliphatic carbocycles. The van der Waals surface area contributed by atoms with Crippen LogP contribution in [-0.4, -0.2) is 10.5 Å². The summed E-state index contributed by atoms with van der Waals surface area (Å²) in [4.78, 5) is 12.4. The molecule has 0 aliphatic rings. The number of nitrogens with zero attached hydrogens (tertiary/aromatic N) is 1. The summed E-state index contributed by atoms with van der Waals surface area (Å²) >= 11 is 12.1. The molecule has 1 amide bonds. The molecule has 0 saturated carbocycles. The van der Waals surface area contributed by atoms with E-state index < -0.39 is 0 Å². The van der Waals surface area contributed by atoms with Gasteiger partial charge in [-0.25, -0.2) is 0 Å². The first-order valence-corrected chi connectivity index (χ1v) is 7.13. The Bertz CT molecular complexity index is 839. The van der Waals surface area contributed by atoms with Gasteiger partial charge >= 0.3 is 0 Å². The minimum Gasteiger partial charge on any atom is -0.340 e. The van der Waals surface area contributed by atoms with Gasteiger partial charge in [0.25, 0.3) is 5.91 Å². The third-order valence-electron chi connectivity index (χ3n) is 3.35. The Morgan fingerprint density at radius 1 is 1.10 bits per heavy atom. The lowest BCUT2D eigenvalue weighted by Gasteiger charge is -2.06. The molecule has 3 rings (SSSR count). The lowest BCUT2D eigenvalue weighted by molar-refractivity contribution is 0.102. The van der Waals surface area contributed by atoms with E-state index in [2.05, 4.69) is 5.32 Å². The molecule has 2 aromatic carbocycles. The zero-order chi connectivity index (χ0) is 15.0. The van der Waals surface area contributed by atoms with E-state index in [1.807, 2.05) is 29.8 Å². The Hall–Kier alpha value is -1.97. The van der Waals surface area contributed by atoms with Crippen molar-refractivity contribution >= 4 is 45.7 Å². The van der Waals surface area contributed by atoms with Crippen LogP contribution in [0.3, 0.4) is 0 Å². The molecule has 5 heteroatoms. The highest BCUT2D eigenvalue weighted by molar-refractivity contribution is 6.35. The van der Waals surface area contributed by atoms with Crippen molar-refractivity contribution in [1.29, 1.82) is 0 Å². The SMILES string of the molecule is Cn1c(C(=O)Nc2cccc(Cl)c2)cc2c(Cl)cccc21. The van der Waals surface area contributed by atoms with Crippen LogP contribution in [0.4, 0.5) is 5.69 Å². The van der Waals surface area contributed by atoms with E-state index in [1.54, 1.807) is 30.3 Å². The normalized spacial score (nSPS) is 10.8. The number of carbonyl (C=O) groups excluding carboxylic acids is 1. The minimum atomic E-state index is -0.202. The summed E-state index contributed by atoms with van der Waals surface area (Å²) in [5.41, 5.74) is 2.11. The number of hydrogen-bond donors (Lipinski definition) is 1. The first kappa shape index (κ1) is 14.0. The largest absolute Gasteiger partial charge is 0.340 e. The van der Waals surface area contributed by atoms with Gasteiger partial charge in [0, 0.05) is 33.7 Å². The van der Waals surface area contributed by atoms with Crippen molar-refractivity contribution in [3.63, 3.8) is 0 Å². The first-order chi connectivity index (χ1) is 10.1. The van der Waals surface area contributed by atoms with Gasteiger partial charge in [-0.2, -0.15) is 0 Å². The summed E-state index contributed by atoms with van der Waals surface area (Å²) < 4.78 is 1.82. The third-order valence-corrected chi connectivity index (χ3v) is 3.91. The summed E-state index contributed by atoms with van der Waals surface area (Å²) in [6.07, 6.45) is 0. The van der Waals surface area contributed by atoms with Crippen molar-refractivity contribution in [2.45, 2.75) is 0 Å². The zero-order valence-electron chi connectivity index (χ0n) is 11.2. The number of aryl methyl sites for hydroxylation is 1. The minimum absolute atomic E-state index is 0.202. The second-order valence-electron chi connectivity index (χ2n) is 4.73. The summed E-state index contributed by atoms with van der Waals surface area (Å²) in [7, 11) is 1.84. The molecule has 0 aliphatic heterocycles. The molecule has 0 bridgehead atoms. The molecule has 1 aromatic heterocycles. The molecule has 1 heterocycles. The van der Waals surface area contributed by atoms with Crippen LogP contribution in [0.1, 0.15) is 10.5 Å². The number of rotatable bonds is 2. The molecule has 106 valence electrons. The molecule has 1 N–H and O–H groups in total. The first-order valence-electron chi connectivity index (χ1n) is 6.37. The Balaban J connectivity index is 1.98. The Kier molecular flexibility index (Phi) is 3.62. The number of fused-ring (bicyclic) bond motifs is 1. The van der Waals surface area contributed by atoms with E-state index in [4.69, 9.17) is 23.2 Å². The van der Waals surface area contributed by atoms with Crippen molar-refractivity contribution in [1.82, 2.24) is 4.57 Å². The standard InChI is InChI=1S/C16H12Cl2N2O/c1-20-14-7-3-6-13(18)12(14)9-15(20)16(21)19-11-5-2-4-10(17)8-11/h2-9H,1H3,(H,19,21). The molecular weight excluding hydrogens is 307 g/mol.